The fourth-order valence-corrected chi connectivity index (χ4v) is 2.51. The van der Waals surface area contributed by atoms with E-state index in [-0.39, 0.29) is 17.3 Å². The minimum absolute atomic E-state index is 0.196. The number of cyclic esters (lactones) is 1. The summed E-state index contributed by atoms with van der Waals surface area (Å²) in [5.74, 6) is 0. The van der Waals surface area contributed by atoms with E-state index in [9.17, 15) is 4.79 Å². The second-order valence-electron chi connectivity index (χ2n) is 5.14. The van der Waals surface area contributed by atoms with Gasteiger partial charge in [-0.15, -0.1) is 0 Å². The minimum atomic E-state index is -0.364. The van der Waals surface area contributed by atoms with Gasteiger partial charge >= 0.3 is 6.09 Å². The lowest BCUT2D eigenvalue weighted by Crippen LogP contribution is -2.37. The summed E-state index contributed by atoms with van der Waals surface area (Å²) in [5, 5.41) is 3.01. The van der Waals surface area contributed by atoms with Crippen molar-refractivity contribution in [3.63, 3.8) is 0 Å². The van der Waals surface area contributed by atoms with Gasteiger partial charge in [-0.25, -0.2) is 4.79 Å². The first-order valence-electron chi connectivity index (χ1n) is 7.15. The number of carbonyl (C=O) groups is 1. The highest BCUT2D eigenvalue weighted by Gasteiger charge is 2.32. The highest BCUT2D eigenvalue weighted by atomic mass is 32.1. The van der Waals surface area contributed by atoms with E-state index in [1.165, 1.54) is 0 Å². The first-order chi connectivity index (χ1) is 11.1. The number of nitrogens with two attached hydrogens (primary N) is 1. The number of pyridine rings is 1. The van der Waals surface area contributed by atoms with E-state index >= 15 is 0 Å². The molecule has 23 heavy (non-hydrogen) atoms. The molecule has 0 radical (unpaired) electrons. The van der Waals surface area contributed by atoms with Gasteiger partial charge in [0, 0.05) is 18.1 Å². The number of hydrogen-bond acceptors (Lipinski definition) is 4. The van der Waals surface area contributed by atoms with Crippen molar-refractivity contribution in [3.8, 4) is 11.1 Å². The summed E-state index contributed by atoms with van der Waals surface area (Å²) in [6.45, 7) is 0.871. The summed E-state index contributed by atoms with van der Waals surface area (Å²) in [4.78, 5) is 17.6. The summed E-state index contributed by atoms with van der Waals surface area (Å²) in [7, 11) is 0. The fourth-order valence-electron chi connectivity index (χ4n) is 2.43. The molecule has 1 aromatic carbocycles. The zero-order valence-electron chi connectivity index (χ0n) is 12.3. The molecule has 118 valence electrons. The summed E-state index contributed by atoms with van der Waals surface area (Å²) in [5.41, 5.74) is 8.32. The fraction of sp³-hybridized carbons (Fsp3) is 0.188. The number of aromatic nitrogens is 1. The van der Waals surface area contributed by atoms with Crippen LogP contribution < -0.4 is 16.0 Å². The SMILES string of the molecule is NC(=S)NCC1CN(c2ccc(-c3ccncc3)cc2)C(=O)O1. The van der Waals surface area contributed by atoms with E-state index in [2.05, 4.69) is 10.3 Å². The molecule has 0 saturated carbocycles. The maximum atomic E-state index is 12.0. The lowest BCUT2D eigenvalue weighted by Gasteiger charge is -2.14. The molecule has 1 amide bonds. The molecule has 3 rings (SSSR count). The molecule has 7 heteroatoms. The number of nitrogens with zero attached hydrogens (tertiary/aromatic N) is 2. The van der Waals surface area contributed by atoms with Crippen molar-refractivity contribution in [1.29, 1.82) is 0 Å². The maximum absolute atomic E-state index is 12.0. The third kappa shape index (κ3) is 3.57. The largest absolute Gasteiger partial charge is 0.442 e. The van der Waals surface area contributed by atoms with Crippen molar-refractivity contribution in [2.75, 3.05) is 18.0 Å². The van der Waals surface area contributed by atoms with Crippen LogP contribution in [-0.2, 0) is 4.74 Å². The Morgan fingerprint density at radius 3 is 2.57 bits per heavy atom. The summed E-state index contributed by atoms with van der Waals surface area (Å²) in [6, 6.07) is 11.6. The highest BCUT2D eigenvalue weighted by Crippen LogP contribution is 2.25. The van der Waals surface area contributed by atoms with Crippen LogP contribution >= 0.6 is 12.2 Å². The Morgan fingerprint density at radius 2 is 1.91 bits per heavy atom. The number of anilines is 1. The average Bonchev–Trinajstić information content (AvgIpc) is 2.95. The van der Waals surface area contributed by atoms with Crippen LogP contribution in [0.2, 0.25) is 0 Å². The second kappa shape index (κ2) is 6.62. The highest BCUT2D eigenvalue weighted by molar-refractivity contribution is 7.80. The molecule has 1 unspecified atom stereocenters. The number of benzene rings is 1. The van der Waals surface area contributed by atoms with E-state index < -0.39 is 0 Å². The summed E-state index contributed by atoms with van der Waals surface area (Å²) < 4.78 is 5.29. The van der Waals surface area contributed by atoms with E-state index in [0.717, 1.165) is 16.8 Å². The Balaban J connectivity index is 1.70. The van der Waals surface area contributed by atoms with Gasteiger partial charge in [0.2, 0.25) is 0 Å². The Bertz CT molecular complexity index is 706. The van der Waals surface area contributed by atoms with E-state index in [1.807, 2.05) is 36.4 Å². The summed E-state index contributed by atoms with van der Waals surface area (Å²) >= 11 is 4.75. The van der Waals surface area contributed by atoms with Crippen molar-refractivity contribution in [2.24, 2.45) is 5.73 Å². The maximum Gasteiger partial charge on any atom is 0.414 e. The van der Waals surface area contributed by atoms with Crippen LogP contribution in [0.1, 0.15) is 0 Å². The standard InChI is InChI=1S/C16H16N4O2S/c17-15(23)19-9-14-10-20(16(21)22-14)13-3-1-11(2-4-13)12-5-7-18-8-6-12/h1-8,14H,9-10H2,(H3,17,19,23). The van der Waals surface area contributed by atoms with Crippen LogP contribution in [0, 0.1) is 0 Å². The van der Waals surface area contributed by atoms with Gasteiger partial charge in [-0.05, 0) is 47.6 Å². The van der Waals surface area contributed by atoms with Gasteiger partial charge in [0.05, 0.1) is 13.1 Å². The van der Waals surface area contributed by atoms with Gasteiger partial charge in [-0.1, -0.05) is 12.1 Å². The van der Waals surface area contributed by atoms with E-state index in [1.54, 1.807) is 17.3 Å². The smallest absolute Gasteiger partial charge is 0.414 e. The normalized spacial score (nSPS) is 17.0. The predicted molar refractivity (Wildman–Crippen MR) is 92.1 cm³/mol. The van der Waals surface area contributed by atoms with Crippen LogP contribution in [0.4, 0.5) is 10.5 Å². The number of amides is 1. The quantitative estimate of drug-likeness (QED) is 0.835. The third-order valence-corrected chi connectivity index (χ3v) is 3.72. The first kappa shape index (κ1) is 15.2. The van der Waals surface area contributed by atoms with Crippen LogP contribution in [0.15, 0.2) is 48.8 Å². The number of carbonyl (C=O) groups excluding carboxylic acids is 1. The lowest BCUT2D eigenvalue weighted by atomic mass is 10.1. The molecule has 1 aliphatic rings. The van der Waals surface area contributed by atoms with Crippen molar-refractivity contribution in [1.82, 2.24) is 10.3 Å². The molecule has 0 bridgehead atoms. The van der Waals surface area contributed by atoms with Crippen molar-refractivity contribution in [3.05, 3.63) is 48.8 Å². The van der Waals surface area contributed by atoms with Gasteiger partial charge < -0.3 is 15.8 Å². The Labute approximate surface area is 139 Å². The molecule has 1 atom stereocenters. The molecular formula is C16H16N4O2S. The molecule has 0 aliphatic carbocycles. The number of ether oxygens (including phenoxy) is 1. The predicted octanol–water partition coefficient (Wildman–Crippen LogP) is 1.91. The van der Waals surface area contributed by atoms with Crippen molar-refractivity contribution >= 4 is 29.1 Å². The Morgan fingerprint density at radius 1 is 1.26 bits per heavy atom. The van der Waals surface area contributed by atoms with E-state index in [4.69, 9.17) is 22.7 Å². The number of nitrogens with one attached hydrogen (secondary N) is 1. The second-order valence-corrected chi connectivity index (χ2v) is 5.58. The molecule has 2 heterocycles. The Kier molecular flexibility index (Phi) is 4.38. The Hall–Kier alpha value is -2.67. The first-order valence-corrected chi connectivity index (χ1v) is 7.56. The van der Waals surface area contributed by atoms with Gasteiger partial charge in [0.15, 0.2) is 5.11 Å². The zero-order valence-corrected chi connectivity index (χ0v) is 13.1. The lowest BCUT2D eigenvalue weighted by molar-refractivity contribution is 0.143. The molecule has 6 nitrogen and oxygen atoms in total. The summed E-state index contributed by atoms with van der Waals surface area (Å²) in [6.07, 6.45) is 2.86. The molecular weight excluding hydrogens is 312 g/mol. The van der Waals surface area contributed by atoms with Crippen LogP contribution in [0.25, 0.3) is 11.1 Å². The monoisotopic (exact) mass is 328 g/mol. The third-order valence-electron chi connectivity index (χ3n) is 3.57. The van der Waals surface area contributed by atoms with Crippen LogP contribution in [-0.4, -0.2) is 35.4 Å². The van der Waals surface area contributed by atoms with Crippen molar-refractivity contribution < 1.29 is 9.53 Å². The van der Waals surface area contributed by atoms with Crippen LogP contribution in [0.5, 0.6) is 0 Å². The van der Waals surface area contributed by atoms with Crippen molar-refractivity contribution in [2.45, 2.75) is 6.10 Å². The topological polar surface area (TPSA) is 80.5 Å². The molecule has 1 saturated heterocycles. The molecule has 2 aromatic rings. The average molecular weight is 328 g/mol. The molecule has 1 aromatic heterocycles. The minimum Gasteiger partial charge on any atom is -0.442 e. The van der Waals surface area contributed by atoms with Gasteiger partial charge in [0.25, 0.3) is 0 Å². The zero-order chi connectivity index (χ0) is 16.2. The number of hydrogen-bond donors (Lipinski definition) is 2. The van der Waals surface area contributed by atoms with E-state index in [0.29, 0.717) is 13.1 Å². The van der Waals surface area contributed by atoms with Gasteiger partial charge in [0.1, 0.15) is 6.10 Å². The van der Waals surface area contributed by atoms with Crippen LogP contribution in [0.3, 0.4) is 0 Å². The number of rotatable bonds is 4. The molecule has 1 fully saturated rings. The van der Waals surface area contributed by atoms with Gasteiger partial charge in [-0.3, -0.25) is 9.88 Å². The molecule has 0 spiro atoms. The molecule has 1 aliphatic heterocycles. The number of thiocarbonyl (C=S) groups is 1. The molecule has 3 N–H and O–H groups in total. The van der Waals surface area contributed by atoms with Gasteiger partial charge in [-0.2, -0.15) is 0 Å².